The third-order valence-electron chi connectivity index (χ3n) is 7.07. The normalized spacial score (nSPS) is 34.7. The number of ether oxygens (including phenoxy) is 1. The van der Waals surface area contributed by atoms with Crippen molar-refractivity contribution in [2.75, 3.05) is 19.8 Å². The first-order chi connectivity index (χ1) is 12.6. The monoisotopic (exact) mass is 360 g/mol. The molecule has 4 aliphatic rings. The highest BCUT2D eigenvalue weighted by molar-refractivity contribution is 5.37. The quantitative estimate of drug-likeness (QED) is 0.436. The Bertz CT molecular complexity index is 635. The molecule has 4 aliphatic carbocycles. The molecule has 0 radical (unpaired) electrons. The third kappa shape index (κ3) is 3.04. The molecule has 0 heterocycles. The molecule has 0 saturated heterocycles. The summed E-state index contributed by atoms with van der Waals surface area (Å²) in [6, 6.07) is 8.34. The first-order valence-corrected chi connectivity index (χ1v) is 9.82. The van der Waals surface area contributed by atoms with Crippen LogP contribution < -0.4 is 10.5 Å². The molecule has 5 rings (SSSR count). The van der Waals surface area contributed by atoms with Crippen molar-refractivity contribution >= 4 is 0 Å². The zero-order chi connectivity index (χ0) is 18.1. The van der Waals surface area contributed by atoms with Gasteiger partial charge in [-0.2, -0.15) is 0 Å². The second-order valence-corrected chi connectivity index (χ2v) is 8.32. The summed E-state index contributed by atoms with van der Waals surface area (Å²) in [4.78, 5) is 14.6. The first-order valence-electron chi connectivity index (χ1n) is 9.82. The van der Waals surface area contributed by atoms with E-state index in [2.05, 4.69) is 17.0 Å². The standard InChI is InChI=1S/C20H28N2O4/c21-5-4-20(17-9-14-8-15(11-17)12-18(20)10-14)16-2-1-3-19(13-16)25-6-7-26-22(23)24/h1-3,13-15,17-18H,4-12,21H2. The zero-order valence-corrected chi connectivity index (χ0v) is 15.1. The molecule has 4 bridgehead atoms. The van der Waals surface area contributed by atoms with Gasteiger partial charge >= 0.3 is 0 Å². The molecule has 0 aliphatic heterocycles. The fourth-order valence-corrected chi connectivity index (χ4v) is 6.43. The van der Waals surface area contributed by atoms with Crippen LogP contribution in [0.2, 0.25) is 0 Å². The average Bonchev–Trinajstić information content (AvgIpc) is 2.61. The van der Waals surface area contributed by atoms with Crippen LogP contribution in [0.5, 0.6) is 5.75 Å². The Balaban J connectivity index is 1.56. The van der Waals surface area contributed by atoms with Gasteiger partial charge in [0.1, 0.15) is 19.0 Å². The largest absolute Gasteiger partial charge is 0.492 e. The lowest BCUT2D eigenvalue weighted by atomic mass is 9.43. The number of nitrogens with two attached hydrogens (primary N) is 1. The predicted octanol–water partition coefficient (Wildman–Crippen LogP) is 3.32. The minimum absolute atomic E-state index is 0.0558. The summed E-state index contributed by atoms with van der Waals surface area (Å²) in [5.41, 5.74) is 7.61. The molecule has 4 fully saturated rings. The summed E-state index contributed by atoms with van der Waals surface area (Å²) in [6.07, 6.45) is 7.84. The molecule has 142 valence electrons. The number of rotatable bonds is 8. The van der Waals surface area contributed by atoms with Gasteiger partial charge in [-0.3, -0.25) is 0 Å². The molecule has 0 unspecified atom stereocenters. The van der Waals surface area contributed by atoms with E-state index in [-0.39, 0.29) is 18.6 Å². The van der Waals surface area contributed by atoms with Crippen molar-refractivity contribution in [3.8, 4) is 5.75 Å². The van der Waals surface area contributed by atoms with Crippen LogP contribution >= 0.6 is 0 Å². The number of benzene rings is 1. The molecular formula is C20H28N2O4. The lowest BCUT2D eigenvalue weighted by Crippen LogP contribution is -2.56. The van der Waals surface area contributed by atoms with E-state index in [0.29, 0.717) is 6.54 Å². The fraction of sp³-hybridized carbons (Fsp3) is 0.700. The zero-order valence-electron chi connectivity index (χ0n) is 15.1. The van der Waals surface area contributed by atoms with Gasteiger partial charge in [-0.05, 0) is 86.4 Å². The average molecular weight is 360 g/mol. The van der Waals surface area contributed by atoms with E-state index in [1.54, 1.807) is 0 Å². The Morgan fingerprint density at radius 1 is 1.12 bits per heavy atom. The van der Waals surface area contributed by atoms with Gasteiger partial charge in [-0.1, -0.05) is 12.1 Å². The van der Waals surface area contributed by atoms with Crippen molar-refractivity contribution in [2.24, 2.45) is 29.4 Å². The molecule has 0 atom stereocenters. The number of hydrogen-bond acceptors (Lipinski definition) is 5. The third-order valence-corrected chi connectivity index (χ3v) is 7.07. The van der Waals surface area contributed by atoms with E-state index in [4.69, 9.17) is 10.5 Å². The highest BCUT2D eigenvalue weighted by Gasteiger charge is 2.57. The van der Waals surface area contributed by atoms with E-state index >= 15 is 0 Å². The van der Waals surface area contributed by atoms with Crippen LogP contribution in [0.4, 0.5) is 0 Å². The van der Waals surface area contributed by atoms with Crippen molar-refractivity contribution in [1.82, 2.24) is 0 Å². The Morgan fingerprint density at radius 2 is 1.81 bits per heavy atom. The molecule has 0 aromatic heterocycles. The second kappa shape index (κ2) is 7.06. The van der Waals surface area contributed by atoms with Crippen molar-refractivity contribution in [3.63, 3.8) is 0 Å². The Hall–Kier alpha value is -1.82. The molecule has 1 aromatic rings. The van der Waals surface area contributed by atoms with Crippen molar-refractivity contribution in [2.45, 2.75) is 43.9 Å². The first kappa shape index (κ1) is 17.6. The SMILES string of the molecule is NCCC1(c2cccc(OCCO[N+](=O)[O-])c2)C2CC3CC(C2)CC1C3. The summed E-state index contributed by atoms with van der Waals surface area (Å²) < 4.78 is 5.70. The molecule has 0 spiro atoms. The lowest BCUT2D eigenvalue weighted by molar-refractivity contribution is -0.757. The van der Waals surface area contributed by atoms with Crippen molar-refractivity contribution < 1.29 is 14.7 Å². The van der Waals surface area contributed by atoms with Gasteiger partial charge in [-0.15, -0.1) is 10.1 Å². The van der Waals surface area contributed by atoms with Gasteiger partial charge in [0, 0.05) is 5.41 Å². The van der Waals surface area contributed by atoms with Crippen LogP contribution in [0.3, 0.4) is 0 Å². The summed E-state index contributed by atoms with van der Waals surface area (Å²) in [7, 11) is 0. The Kier molecular flexibility index (Phi) is 4.78. The summed E-state index contributed by atoms with van der Waals surface area (Å²) in [5, 5.41) is 9.46. The smallest absolute Gasteiger partial charge is 0.294 e. The minimum Gasteiger partial charge on any atom is -0.492 e. The molecule has 1 aromatic carbocycles. The maximum Gasteiger partial charge on any atom is 0.294 e. The van der Waals surface area contributed by atoms with Crippen LogP contribution in [0.1, 0.15) is 44.1 Å². The van der Waals surface area contributed by atoms with Crippen LogP contribution in [0.15, 0.2) is 24.3 Å². The Labute approximate surface area is 154 Å². The highest BCUT2D eigenvalue weighted by Crippen LogP contribution is 2.64. The van der Waals surface area contributed by atoms with Gasteiger partial charge in [0.05, 0.1) is 0 Å². The molecule has 0 amide bonds. The van der Waals surface area contributed by atoms with Gasteiger partial charge in [0.25, 0.3) is 5.09 Å². The molecule has 2 N–H and O–H groups in total. The Morgan fingerprint density at radius 3 is 2.42 bits per heavy atom. The topological polar surface area (TPSA) is 87.6 Å². The molecular weight excluding hydrogens is 332 g/mol. The van der Waals surface area contributed by atoms with Crippen LogP contribution in [-0.2, 0) is 10.3 Å². The van der Waals surface area contributed by atoms with Crippen molar-refractivity contribution in [3.05, 3.63) is 39.9 Å². The van der Waals surface area contributed by atoms with Gasteiger partial charge in [0.2, 0.25) is 0 Å². The van der Waals surface area contributed by atoms with E-state index in [0.717, 1.165) is 35.8 Å². The van der Waals surface area contributed by atoms with Crippen molar-refractivity contribution in [1.29, 1.82) is 0 Å². The lowest BCUT2D eigenvalue weighted by Gasteiger charge is -2.62. The van der Waals surface area contributed by atoms with Crippen LogP contribution in [0, 0.1) is 33.8 Å². The van der Waals surface area contributed by atoms with E-state index in [9.17, 15) is 10.1 Å². The van der Waals surface area contributed by atoms with Gasteiger partial charge in [-0.25, -0.2) is 0 Å². The van der Waals surface area contributed by atoms with Crippen LogP contribution in [-0.4, -0.2) is 24.8 Å². The summed E-state index contributed by atoms with van der Waals surface area (Å²) in [6.45, 7) is 0.829. The number of nitrogens with zero attached hydrogens (tertiary/aromatic N) is 1. The highest BCUT2D eigenvalue weighted by atomic mass is 17.0. The molecule has 26 heavy (non-hydrogen) atoms. The van der Waals surface area contributed by atoms with E-state index < -0.39 is 5.09 Å². The van der Waals surface area contributed by atoms with E-state index in [1.165, 1.54) is 37.7 Å². The fourth-order valence-electron chi connectivity index (χ4n) is 6.43. The summed E-state index contributed by atoms with van der Waals surface area (Å²) in [5.74, 6) is 4.06. The maximum absolute atomic E-state index is 10.2. The summed E-state index contributed by atoms with van der Waals surface area (Å²) >= 11 is 0. The number of hydrogen-bond donors (Lipinski definition) is 1. The van der Waals surface area contributed by atoms with Crippen LogP contribution in [0.25, 0.3) is 0 Å². The molecule has 4 saturated carbocycles. The second-order valence-electron chi connectivity index (χ2n) is 8.32. The minimum atomic E-state index is -0.787. The van der Waals surface area contributed by atoms with E-state index in [1.807, 2.05) is 12.1 Å². The molecule has 6 nitrogen and oxygen atoms in total. The predicted molar refractivity (Wildman–Crippen MR) is 97.3 cm³/mol. The van der Waals surface area contributed by atoms with Gasteiger partial charge < -0.3 is 15.3 Å². The maximum atomic E-state index is 10.2. The molecule has 6 heteroatoms. The van der Waals surface area contributed by atoms with Gasteiger partial charge in [0.15, 0.2) is 0 Å².